The van der Waals surface area contributed by atoms with Gasteiger partial charge in [-0.25, -0.2) is 0 Å². The van der Waals surface area contributed by atoms with E-state index < -0.39 is 0 Å². The molecule has 2 N–H and O–H groups in total. The van der Waals surface area contributed by atoms with Gasteiger partial charge in [0, 0.05) is 50.7 Å². The first-order chi connectivity index (χ1) is 12.0. The van der Waals surface area contributed by atoms with Crippen molar-refractivity contribution < 1.29 is 9.59 Å². The number of thioether (sulfide) groups is 1. The number of rotatable bonds is 5. The normalized spacial score (nSPS) is 22.9. The first-order valence-corrected chi connectivity index (χ1v) is 9.85. The number of nitrogens with zero attached hydrogens (tertiary/aromatic N) is 2. The summed E-state index contributed by atoms with van der Waals surface area (Å²) in [6.07, 6.45) is 0.792. The van der Waals surface area contributed by atoms with E-state index in [-0.39, 0.29) is 17.9 Å². The Balaban J connectivity index is 1.45. The Morgan fingerprint density at radius 3 is 2.72 bits per heavy atom. The molecule has 1 aromatic rings. The summed E-state index contributed by atoms with van der Waals surface area (Å²) >= 11 is 1.80. The minimum absolute atomic E-state index is 0.0592. The number of hydrogen-bond acceptors (Lipinski definition) is 5. The SMILES string of the molecule is CN(C)c1ccc(C(=O)NC[C@@H]2CN[C@H](C(=O)N3CCSC3)C2)cc1. The number of carbonyl (C=O) groups is 2. The standard InChI is InChI=1S/C18H26N4O2S/c1-21(2)15-5-3-14(4-6-15)17(23)20-11-13-9-16(19-10-13)18(24)22-7-8-25-12-22/h3-6,13,16,19H,7-12H2,1-2H3,(H,20,23)/t13-,16-/m0/s1. The Labute approximate surface area is 153 Å². The Kier molecular flexibility index (Phi) is 5.86. The molecule has 136 valence electrons. The molecule has 2 aliphatic rings. The van der Waals surface area contributed by atoms with Crippen LogP contribution < -0.4 is 15.5 Å². The fourth-order valence-electron chi connectivity index (χ4n) is 3.21. The highest BCUT2D eigenvalue weighted by molar-refractivity contribution is 7.99. The molecule has 7 heteroatoms. The lowest BCUT2D eigenvalue weighted by atomic mass is 10.0. The van der Waals surface area contributed by atoms with Gasteiger partial charge in [-0.2, -0.15) is 0 Å². The molecule has 0 aliphatic carbocycles. The van der Waals surface area contributed by atoms with Gasteiger partial charge in [-0.05, 0) is 36.6 Å². The highest BCUT2D eigenvalue weighted by Gasteiger charge is 2.33. The van der Waals surface area contributed by atoms with Crippen molar-refractivity contribution in [1.82, 2.24) is 15.5 Å². The van der Waals surface area contributed by atoms with Gasteiger partial charge in [0.05, 0.1) is 11.9 Å². The Bertz CT molecular complexity index is 614. The van der Waals surface area contributed by atoms with Gasteiger partial charge in [-0.3, -0.25) is 9.59 Å². The molecule has 3 rings (SSSR count). The van der Waals surface area contributed by atoms with E-state index in [1.165, 1.54) is 0 Å². The average molecular weight is 362 g/mol. The summed E-state index contributed by atoms with van der Waals surface area (Å²) in [4.78, 5) is 28.6. The lowest BCUT2D eigenvalue weighted by molar-refractivity contribution is -0.131. The van der Waals surface area contributed by atoms with Crippen molar-refractivity contribution in [2.24, 2.45) is 5.92 Å². The fraction of sp³-hybridized carbons (Fsp3) is 0.556. The van der Waals surface area contributed by atoms with Crippen molar-refractivity contribution in [2.45, 2.75) is 12.5 Å². The number of hydrogen-bond donors (Lipinski definition) is 2. The lowest BCUT2D eigenvalue weighted by Gasteiger charge is -2.19. The molecule has 2 heterocycles. The molecule has 2 fully saturated rings. The van der Waals surface area contributed by atoms with Gasteiger partial charge < -0.3 is 20.4 Å². The molecule has 6 nitrogen and oxygen atoms in total. The van der Waals surface area contributed by atoms with Crippen LogP contribution in [0, 0.1) is 5.92 Å². The topological polar surface area (TPSA) is 64.7 Å². The largest absolute Gasteiger partial charge is 0.378 e. The molecule has 0 aromatic heterocycles. The summed E-state index contributed by atoms with van der Waals surface area (Å²) in [5, 5.41) is 6.31. The summed E-state index contributed by atoms with van der Waals surface area (Å²) in [5.41, 5.74) is 1.73. The maximum absolute atomic E-state index is 12.4. The third-order valence-electron chi connectivity index (χ3n) is 4.78. The minimum atomic E-state index is -0.0972. The van der Waals surface area contributed by atoms with Crippen LogP contribution in [0.15, 0.2) is 24.3 Å². The van der Waals surface area contributed by atoms with Crippen LogP contribution >= 0.6 is 11.8 Å². The second kappa shape index (κ2) is 8.10. The lowest BCUT2D eigenvalue weighted by Crippen LogP contribution is -2.42. The summed E-state index contributed by atoms with van der Waals surface area (Å²) in [7, 11) is 3.95. The molecule has 0 saturated carbocycles. The molecule has 2 atom stereocenters. The molecule has 2 aliphatic heterocycles. The smallest absolute Gasteiger partial charge is 0.251 e. The second-order valence-electron chi connectivity index (χ2n) is 6.85. The van der Waals surface area contributed by atoms with E-state index in [1.54, 1.807) is 11.8 Å². The molecule has 2 amide bonds. The van der Waals surface area contributed by atoms with Crippen LogP contribution in [0.1, 0.15) is 16.8 Å². The van der Waals surface area contributed by atoms with E-state index in [0.717, 1.165) is 36.8 Å². The Morgan fingerprint density at radius 1 is 1.32 bits per heavy atom. The van der Waals surface area contributed by atoms with E-state index in [9.17, 15) is 9.59 Å². The zero-order valence-electron chi connectivity index (χ0n) is 14.8. The van der Waals surface area contributed by atoms with Gasteiger partial charge in [0.1, 0.15) is 0 Å². The number of benzene rings is 1. The predicted octanol–water partition coefficient (Wildman–Crippen LogP) is 0.993. The molecular weight excluding hydrogens is 336 g/mol. The van der Waals surface area contributed by atoms with Crippen molar-refractivity contribution in [3.63, 3.8) is 0 Å². The molecule has 25 heavy (non-hydrogen) atoms. The first-order valence-electron chi connectivity index (χ1n) is 8.70. The number of nitrogens with one attached hydrogen (secondary N) is 2. The van der Waals surface area contributed by atoms with Gasteiger partial charge in [0.15, 0.2) is 0 Å². The first kappa shape index (κ1) is 18.1. The molecule has 0 bridgehead atoms. The van der Waals surface area contributed by atoms with Gasteiger partial charge >= 0.3 is 0 Å². The van der Waals surface area contributed by atoms with Crippen molar-refractivity contribution in [3.05, 3.63) is 29.8 Å². The quantitative estimate of drug-likeness (QED) is 0.818. The minimum Gasteiger partial charge on any atom is -0.378 e. The molecule has 0 radical (unpaired) electrons. The molecule has 1 aromatic carbocycles. The predicted molar refractivity (Wildman–Crippen MR) is 102 cm³/mol. The fourth-order valence-corrected chi connectivity index (χ4v) is 4.17. The third-order valence-corrected chi connectivity index (χ3v) is 5.75. The van der Waals surface area contributed by atoms with Gasteiger partial charge in [-0.15, -0.1) is 11.8 Å². The average Bonchev–Trinajstić information content (AvgIpc) is 3.31. The van der Waals surface area contributed by atoms with Crippen LogP contribution in [0.2, 0.25) is 0 Å². The Hall–Kier alpha value is -1.73. The van der Waals surface area contributed by atoms with E-state index in [1.807, 2.05) is 48.2 Å². The maximum atomic E-state index is 12.4. The van der Waals surface area contributed by atoms with E-state index in [0.29, 0.717) is 18.0 Å². The summed E-state index contributed by atoms with van der Waals surface area (Å²) in [6, 6.07) is 7.47. The molecule has 0 unspecified atom stereocenters. The number of carbonyl (C=O) groups excluding carboxylic acids is 2. The highest BCUT2D eigenvalue weighted by atomic mass is 32.2. The zero-order chi connectivity index (χ0) is 17.8. The molecule has 0 spiro atoms. The Morgan fingerprint density at radius 2 is 2.08 bits per heavy atom. The highest BCUT2D eigenvalue weighted by Crippen LogP contribution is 2.20. The summed E-state index contributed by atoms with van der Waals surface area (Å²) in [6.45, 7) is 2.23. The van der Waals surface area contributed by atoms with Gasteiger partial charge in [0.2, 0.25) is 5.91 Å². The maximum Gasteiger partial charge on any atom is 0.251 e. The number of anilines is 1. The van der Waals surface area contributed by atoms with Crippen molar-refractivity contribution >= 4 is 29.3 Å². The van der Waals surface area contributed by atoms with E-state index in [4.69, 9.17) is 0 Å². The van der Waals surface area contributed by atoms with E-state index >= 15 is 0 Å². The second-order valence-corrected chi connectivity index (χ2v) is 7.93. The van der Waals surface area contributed by atoms with E-state index in [2.05, 4.69) is 10.6 Å². The number of amides is 2. The summed E-state index contributed by atoms with van der Waals surface area (Å²) in [5.74, 6) is 2.29. The van der Waals surface area contributed by atoms with Gasteiger partial charge in [0.25, 0.3) is 5.91 Å². The molecular formula is C18H26N4O2S. The van der Waals surface area contributed by atoms with Crippen LogP contribution in [-0.2, 0) is 4.79 Å². The van der Waals surface area contributed by atoms with Crippen molar-refractivity contribution in [3.8, 4) is 0 Å². The van der Waals surface area contributed by atoms with Crippen LogP contribution in [0.3, 0.4) is 0 Å². The monoisotopic (exact) mass is 362 g/mol. The third kappa shape index (κ3) is 4.46. The van der Waals surface area contributed by atoms with Crippen LogP contribution in [0.4, 0.5) is 5.69 Å². The van der Waals surface area contributed by atoms with Gasteiger partial charge in [-0.1, -0.05) is 0 Å². The molecule has 2 saturated heterocycles. The summed E-state index contributed by atoms with van der Waals surface area (Å²) < 4.78 is 0. The van der Waals surface area contributed by atoms with Crippen LogP contribution in [0.5, 0.6) is 0 Å². The van der Waals surface area contributed by atoms with Crippen molar-refractivity contribution in [1.29, 1.82) is 0 Å². The zero-order valence-corrected chi connectivity index (χ0v) is 15.6. The van der Waals surface area contributed by atoms with Crippen LogP contribution in [0.25, 0.3) is 0 Å². The van der Waals surface area contributed by atoms with Crippen molar-refractivity contribution in [2.75, 3.05) is 50.3 Å². The van der Waals surface area contributed by atoms with Crippen LogP contribution in [-0.4, -0.2) is 68.1 Å².